The largest absolute Gasteiger partial charge is 0.487 e. The monoisotopic (exact) mass is 513 g/mol. The Hall–Kier alpha value is -2.91. The van der Waals surface area contributed by atoms with Gasteiger partial charge >= 0.3 is 0 Å². The molecule has 2 aromatic heterocycles. The molecule has 0 atom stereocenters. The van der Waals surface area contributed by atoms with Gasteiger partial charge in [-0.25, -0.2) is 19.3 Å². The molecule has 0 amide bonds. The Bertz CT molecular complexity index is 1190. The molecule has 10 heteroatoms. The highest BCUT2D eigenvalue weighted by atomic mass is 35.5. The Kier molecular flexibility index (Phi) is 7.57. The second-order valence-electron chi connectivity index (χ2n) is 9.46. The average molecular weight is 514 g/mol. The Morgan fingerprint density at radius 1 is 1.11 bits per heavy atom. The summed E-state index contributed by atoms with van der Waals surface area (Å²) in [7, 11) is 0. The number of imidazole rings is 1. The molecule has 2 saturated heterocycles. The van der Waals surface area contributed by atoms with Crippen LogP contribution in [0.25, 0.3) is 11.3 Å². The zero-order valence-electron chi connectivity index (χ0n) is 20.7. The van der Waals surface area contributed by atoms with Crippen molar-refractivity contribution in [2.45, 2.75) is 45.1 Å². The van der Waals surface area contributed by atoms with Gasteiger partial charge in [-0.05, 0) is 63.9 Å². The fourth-order valence-corrected chi connectivity index (χ4v) is 5.40. The molecule has 4 heterocycles. The Morgan fingerprint density at radius 3 is 2.61 bits per heavy atom. The standard InChI is InChI=1S/C26H33ClFN7O/c1-2-36-23-24(29)30-17-31-26(23)34-11-7-18(8-12-34)25-32-22(19-5-6-21(28)20(27)15-19)16-35(25)14-13-33-9-3-4-10-33/h5-6,15-18H,2-4,7-14H2,1H3,(H2,29,30,31). The molecule has 0 radical (unpaired) electrons. The number of benzene rings is 1. The van der Waals surface area contributed by atoms with Gasteiger partial charge in [-0.15, -0.1) is 0 Å². The molecule has 0 saturated carbocycles. The number of hydrogen-bond donors (Lipinski definition) is 1. The van der Waals surface area contributed by atoms with Crippen molar-refractivity contribution >= 4 is 23.2 Å². The maximum atomic E-state index is 13.8. The topological polar surface area (TPSA) is 85.3 Å². The van der Waals surface area contributed by atoms with Gasteiger partial charge in [0, 0.05) is 43.9 Å². The summed E-state index contributed by atoms with van der Waals surface area (Å²) < 4.78 is 21.8. The van der Waals surface area contributed by atoms with Crippen molar-refractivity contribution in [2.75, 3.05) is 50.0 Å². The van der Waals surface area contributed by atoms with E-state index in [4.69, 9.17) is 27.1 Å². The maximum absolute atomic E-state index is 13.8. The van der Waals surface area contributed by atoms with Gasteiger partial charge in [-0.2, -0.15) is 0 Å². The third-order valence-corrected chi connectivity index (χ3v) is 7.43. The summed E-state index contributed by atoms with van der Waals surface area (Å²) >= 11 is 6.08. The van der Waals surface area contributed by atoms with Crippen LogP contribution >= 0.6 is 11.6 Å². The van der Waals surface area contributed by atoms with E-state index < -0.39 is 5.82 Å². The van der Waals surface area contributed by atoms with E-state index in [1.807, 2.05) is 6.92 Å². The van der Waals surface area contributed by atoms with Gasteiger partial charge in [-0.1, -0.05) is 11.6 Å². The van der Waals surface area contributed by atoms with Crippen LogP contribution in [0.15, 0.2) is 30.7 Å². The SMILES string of the molecule is CCOc1c(N)ncnc1N1CCC(c2nc(-c3ccc(F)c(Cl)c3)cn2CCN2CCCC2)CC1. The molecule has 2 aliphatic rings. The molecule has 0 aliphatic carbocycles. The van der Waals surface area contributed by atoms with Crippen molar-refractivity contribution in [3.63, 3.8) is 0 Å². The van der Waals surface area contributed by atoms with E-state index in [1.54, 1.807) is 12.1 Å². The quantitative estimate of drug-likeness (QED) is 0.471. The Morgan fingerprint density at radius 2 is 1.89 bits per heavy atom. The number of likely N-dealkylation sites (tertiary alicyclic amines) is 1. The average Bonchev–Trinajstić information content (AvgIpc) is 3.56. The zero-order valence-corrected chi connectivity index (χ0v) is 21.4. The van der Waals surface area contributed by atoms with E-state index in [9.17, 15) is 4.39 Å². The van der Waals surface area contributed by atoms with Gasteiger partial charge in [-0.3, -0.25) is 0 Å². The lowest BCUT2D eigenvalue weighted by Crippen LogP contribution is -2.35. The molecular formula is C26H33ClFN7O. The molecule has 0 bridgehead atoms. The van der Waals surface area contributed by atoms with Crippen molar-refractivity contribution in [3.8, 4) is 17.0 Å². The molecule has 0 spiro atoms. The minimum atomic E-state index is -0.418. The third-order valence-electron chi connectivity index (χ3n) is 7.14. The van der Waals surface area contributed by atoms with Crippen molar-refractivity contribution in [1.82, 2.24) is 24.4 Å². The number of ether oxygens (including phenoxy) is 1. The van der Waals surface area contributed by atoms with E-state index >= 15 is 0 Å². The minimum absolute atomic E-state index is 0.114. The second-order valence-corrected chi connectivity index (χ2v) is 9.87. The first-order valence-corrected chi connectivity index (χ1v) is 13.1. The van der Waals surface area contributed by atoms with Crippen LogP contribution in [-0.4, -0.2) is 63.7 Å². The predicted octanol–water partition coefficient (Wildman–Crippen LogP) is 4.59. The van der Waals surface area contributed by atoms with E-state index in [0.29, 0.717) is 24.1 Å². The Labute approximate surface area is 216 Å². The predicted molar refractivity (Wildman–Crippen MR) is 140 cm³/mol. The number of nitrogen functional groups attached to an aromatic ring is 1. The number of piperidine rings is 1. The molecule has 1 aromatic carbocycles. The number of rotatable bonds is 8. The molecule has 2 fully saturated rings. The third kappa shape index (κ3) is 5.27. The van der Waals surface area contributed by atoms with Crippen LogP contribution in [0.3, 0.4) is 0 Å². The minimum Gasteiger partial charge on any atom is -0.487 e. The van der Waals surface area contributed by atoms with Crippen molar-refractivity contribution in [3.05, 3.63) is 47.4 Å². The first kappa shape index (κ1) is 24.8. The van der Waals surface area contributed by atoms with Crippen molar-refractivity contribution in [2.24, 2.45) is 0 Å². The molecule has 2 N–H and O–H groups in total. The van der Waals surface area contributed by atoms with Crippen LogP contribution in [-0.2, 0) is 6.54 Å². The number of anilines is 2. The number of halogens is 2. The summed E-state index contributed by atoms with van der Waals surface area (Å²) in [6.45, 7) is 8.27. The summed E-state index contributed by atoms with van der Waals surface area (Å²) in [5.41, 5.74) is 7.73. The number of nitrogens with zero attached hydrogens (tertiary/aromatic N) is 6. The lowest BCUT2D eigenvalue weighted by atomic mass is 9.95. The zero-order chi connectivity index (χ0) is 25.1. The van der Waals surface area contributed by atoms with Crippen LogP contribution in [0.5, 0.6) is 5.75 Å². The van der Waals surface area contributed by atoms with Gasteiger partial charge in [0.1, 0.15) is 18.0 Å². The lowest BCUT2D eigenvalue weighted by Gasteiger charge is -2.33. The van der Waals surface area contributed by atoms with Crippen LogP contribution in [0.4, 0.5) is 16.0 Å². The summed E-state index contributed by atoms with van der Waals surface area (Å²) in [4.78, 5) is 18.3. The molecule has 0 unspecified atom stereocenters. The van der Waals surface area contributed by atoms with Crippen LogP contribution in [0.1, 0.15) is 44.3 Å². The molecular weight excluding hydrogens is 481 g/mol. The first-order valence-electron chi connectivity index (χ1n) is 12.8. The lowest BCUT2D eigenvalue weighted by molar-refractivity contribution is 0.317. The highest BCUT2D eigenvalue weighted by molar-refractivity contribution is 6.31. The molecule has 2 aliphatic heterocycles. The van der Waals surface area contributed by atoms with Crippen molar-refractivity contribution in [1.29, 1.82) is 0 Å². The molecule has 8 nitrogen and oxygen atoms in total. The van der Waals surface area contributed by atoms with E-state index in [0.717, 1.165) is 75.0 Å². The summed E-state index contributed by atoms with van der Waals surface area (Å²) in [6.07, 6.45) is 7.99. The number of nitrogens with two attached hydrogens (primary N) is 1. The smallest absolute Gasteiger partial charge is 0.204 e. The number of aromatic nitrogens is 4. The summed E-state index contributed by atoms with van der Waals surface area (Å²) in [5, 5.41) is 0.114. The normalized spacial score (nSPS) is 17.1. The van der Waals surface area contributed by atoms with E-state index in [-0.39, 0.29) is 5.02 Å². The van der Waals surface area contributed by atoms with Crippen molar-refractivity contribution < 1.29 is 9.13 Å². The van der Waals surface area contributed by atoms with Crippen LogP contribution in [0, 0.1) is 5.82 Å². The van der Waals surface area contributed by atoms with Gasteiger partial charge in [0.05, 0.1) is 17.3 Å². The maximum Gasteiger partial charge on any atom is 0.204 e. The van der Waals surface area contributed by atoms with Gasteiger partial charge in [0.15, 0.2) is 11.6 Å². The second kappa shape index (κ2) is 11.0. The highest BCUT2D eigenvalue weighted by Gasteiger charge is 2.28. The van der Waals surface area contributed by atoms with E-state index in [2.05, 4.69) is 30.5 Å². The Balaban J connectivity index is 1.36. The first-order chi connectivity index (χ1) is 17.5. The summed E-state index contributed by atoms with van der Waals surface area (Å²) in [5.74, 6) is 2.64. The molecule has 3 aromatic rings. The molecule has 192 valence electrons. The van der Waals surface area contributed by atoms with Crippen LogP contribution in [0.2, 0.25) is 5.02 Å². The molecule has 36 heavy (non-hydrogen) atoms. The van der Waals surface area contributed by atoms with Gasteiger partial charge in [0.25, 0.3) is 0 Å². The fraction of sp³-hybridized carbons (Fsp3) is 0.500. The van der Waals surface area contributed by atoms with E-state index in [1.165, 1.54) is 25.2 Å². The number of hydrogen-bond acceptors (Lipinski definition) is 7. The van der Waals surface area contributed by atoms with Gasteiger partial charge in [0.2, 0.25) is 5.75 Å². The summed E-state index contributed by atoms with van der Waals surface area (Å²) in [6, 6.07) is 4.81. The van der Waals surface area contributed by atoms with Gasteiger partial charge < -0.3 is 24.8 Å². The fourth-order valence-electron chi connectivity index (χ4n) is 5.22. The highest BCUT2D eigenvalue weighted by Crippen LogP contribution is 2.36. The molecule has 5 rings (SSSR count). The van der Waals surface area contributed by atoms with Crippen LogP contribution < -0.4 is 15.4 Å².